The molecule has 0 fully saturated rings. The van der Waals surface area contributed by atoms with Gasteiger partial charge in [-0.05, 0) is 50.6 Å². The molecule has 1 N–H and O–H groups in total. The predicted molar refractivity (Wildman–Crippen MR) is 68.0 cm³/mol. The van der Waals surface area contributed by atoms with E-state index in [2.05, 4.69) is 32.2 Å². The van der Waals surface area contributed by atoms with Crippen LogP contribution in [-0.4, -0.2) is 26.5 Å². The molecule has 0 aliphatic heterocycles. The Labute approximate surface area is 97.5 Å². The number of anilines is 1. The maximum atomic E-state index is 11.8. The lowest BCUT2D eigenvalue weighted by atomic mass is 10.0. The van der Waals surface area contributed by atoms with Crippen molar-refractivity contribution in [2.45, 2.75) is 20.8 Å². The average molecular weight is 220 g/mol. The first-order valence-corrected chi connectivity index (χ1v) is 5.47. The second-order valence-corrected chi connectivity index (χ2v) is 4.13. The molecular weight excluding hydrogens is 200 g/mol. The highest BCUT2D eigenvalue weighted by Gasteiger charge is 2.13. The van der Waals surface area contributed by atoms with Crippen LogP contribution in [0, 0.1) is 20.8 Å². The SMILES string of the molecule is CNCC(=O)N(C)c1ccc(C)c(C)c1C. The summed E-state index contributed by atoms with van der Waals surface area (Å²) in [6.45, 7) is 6.59. The van der Waals surface area contributed by atoms with Gasteiger partial charge in [-0.1, -0.05) is 6.07 Å². The van der Waals surface area contributed by atoms with Crippen molar-refractivity contribution < 1.29 is 4.79 Å². The van der Waals surface area contributed by atoms with Crippen molar-refractivity contribution in [3.8, 4) is 0 Å². The summed E-state index contributed by atoms with van der Waals surface area (Å²) in [5, 5.41) is 2.87. The molecular formula is C13H20N2O. The lowest BCUT2D eigenvalue weighted by Gasteiger charge is -2.21. The first-order valence-electron chi connectivity index (χ1n) is 5.47. The minimum Gasteiger partial charge on any atom is -0.314 e. The Kier molecular flexibility index (Phi) is 4.07. The lowest BCUT2D eigenvalue weighted by molar-refractivity contribution is -0.117. The van der Waals surface area contributed by atoms with Crippen molar-refractivity contribution >= 4 is 11.6 Å². The number of amides is 1. The van der Waals surface area contributed by atoms with E-state index in [4.69, 9.17) is 0 Å². The minimum atomic E-state index is 0.0776. The molecule has 0 saturated heterocycles. The highest BCUT2D eigenvalue weighted by Crippen LogP contribution is 2.24. The van der Waals surface area contributed by atoms with E-state index in [0.717, 1.165) is 5.69 Å². The summed E-state index contributed by atoms with van der Waals surface area (Å²) in [5.74, 6) is 0.0776. The van der Waals surface area contributed by atoms with E-state index in [1.165, 1.54) is 16.7 Å². The maximum absolute atomic E-state index is 11.8. The number of nitrogens with one attached hydrogen (secondary N) is 1. The summed E-state index contributed by atoms with van der Waals surface area (Å²) in [6, 6.07) is 4.06. The van der Waals surface area contributed by atoms with Crippen molar-refractivity contribution in [2.24, 2.45) is 0 Å². The third-order valence-corrected chi connectivity index (χ3v) is 3.09. The fourth-order valence-corrected chi connectivity index (χ4v) is 1.71. The zero-order valence-corrected chi connectivity index (χ0v) is 10.7. The highest BCUT2D eigenvalue weighted by molar-refractivity contribution is 5.95. The maximum Gasteiger partial charge on any atom is 0.240 e. The van der Waals surface area contributed by atoms with E-state index in [-0.39, 0.29) is 5.91 Å². The van der Waals surface area contributed by atoms with Crippen LogP contribution in [-0.2, 0) is 4.79 Å². The number of likely N-dealkylation sites (N-methyl/N-ethyl adjacent to an activating group) is 2. The van der Waals surface area contributed by atoms with Gasteiger partial charge in [-0.25, -0.2) is 0 Å². The van der Waals surface area contributed by atoms with Crippen molar-refractivity contribution in [3.05, 3.63) is 28.8 Å². The summed E-state index contributed by atoms with van der Waals surface area (Å²) in [4.78, 5) is 13.5. The molecule has 0 unspecified atom stereocenters. The average Bonchev–Trinajstić information content (AvgIpc) is 2.26. The third kappa shape index (κ3) is 2.42. The van der Waals surface area contributed by atoms with Gasteiger partial charge in [-0.2, -0.15) is 0 Å². The van der Waals surface area contributed by atoms with Crippen molar-refractivity contribution in [2.75, 3.05) is 25.5 Å². The molecule has 0 heterocycles. The summed E-state index contributed by atoms with van der Waals surface area (Å²) < 4.78 is 0. The van der Waals surface area contributed by atoms with Gasteiger partial charge in [0, 0.05) is 12.7 Å². The summed E-state index contributed by atoms with van der Waals surface area (Å²) >= 11 is 0. The Balaban J connectivity index is 3.05. The molecule has 0 aliphatic rings. The molecule has 0 atom stereocenters. The van der Waals surface area contributed by atoms with Crippen LogP contribution in [0.3, 0.4) is 0 Å². The summed E-state index contributed by atoms with van der Waals surface area (Å²) in [6.07, 6.45) is 0. The second kappa shape index (κ2) is 5.12. The van der Waals surface area contributed by atoms with Crippen molar-refractivity contribution in [3.63, 3.8) is 0 Å². The molecule has 0 aromatic heterocycles. The van der Waals surface area contributed by atoms with Gasteiger partial charge in [0.25, 0.3) is 0 Å². The normalized spacial score (nSPS) is 10.3. The molecule has 88 valence electrons. The Bertz CT molecular complexity index is 399. The van der Waals surface area contributed by atoms with Gasteiger partial charge < -0.3 is 10.2 Å². The number of benzene rings is 1. The van der Waals surface area contributed by atoms with Gasteiger partial charge >= 0.3 is 0 Å². The topological polar surface area (TPSA) is 32.3 Å². The van der Waals surface area contributed by atoms with Gasteiger partial charge in [0.15, 0.2) is 0 Å². The first-order chi connectivity index (χ1) is 7.49. The van der Waals surface area contributed by atoms with E-state index in [1.54, 1.807) is 11.9 Å². The van der Waals surface area contributed by atoms with Crippen LogP contribution in [0.4, 0.5) is 5.69 Å². The number of carbonyl (C=O) groups excluding carboxylic acids is 1. The number of aryl methyl sites for hydroxylation is 1. The zero-order chi connectivity index (χ0) is 12.3. The molecule has 0 spiro atoms. The highest BCUT2D eigenvalue weighted by atomic mass is 16.2. The molecule has 0 bridgehead atoms. The molecule has 1 amide bonds. The third-order valence-electron chi connectivity index (χ3n) is 3.09. The molecule has 1 aromatic rings. The Hall–Kier alpha value is -1.35. The molecule has 1 rings (SSSR count). The monoisotopic (exact) mass is 220 g/mol. The fraction of sp³-hybridized carbons (Fsp3) is 0.462. The van der Waals surface area contributed by atoms with E-state index in [1.807, 2.05) is 13.1 Å². The smallest absolute Gasteiger partial charge is 0.240 e. The van der Waals surface area contributed by atoms with Crippen LogP contribution in [0.5, 0.6) is 0 Å². The Morgan fingerprint density at radius 1 is 1.25 bits per heavy atom. The minimum absolute atomic E-state index is 0.0776. The van der Waals surface area contributed by atoms with Crippen molar-refractivity contribution in [1.29, 1.82) is 0 Å². The Morgan fingerprint density at radius 3 is 2.44 bits per heavy atom. The van der Waals surface area contributed by atoms with Crippen LogP contribution >= 0.6 is 0 Å². The number of hydrogen-bond donors (Lipinski definition) is 1. The molecule has 0 saturated carbocycles. The van der Waals surface area contributed by atoms with Gasteiger partial charge in [-0.3, -0.25) is 4.79 Å². The van der Waals surface area contributed by atoms with Crippen molar-refractivity contribution in [1.82, 2.24) is 5.32 Å². The molecule has 16 heavy (non-hydrogen) atoms. The van der Waals surface area contributed by atoms with Gasteiger partial charge in [0.05, 0.1) is 6.54 Å². The van der Waals surface area contributed by atoms with Crippen LogP contribution in [0.2, 0.25) is 0 Å². The lowest BCUT2D eigenvalue weighted by Crippen LogP contribution is -2.34. The molecule has 0 aliphatic carbocycles. The standard InChI is InChI=1S/C13H20N2O/c1-9-6-7-12(11(3)10(9)2)15(5)13(16)8-14-4/h6-7,14H,8H2,1-5H3. The Morgan fingerprint density at radius 2 is 1.88 bits per heavy atom. The summed E-state index contributed by atoms with van der Waals surface area (Å²) in [7, 11) is 3.59. The zero-order valence-electron chi connectivity index (χ0n) is 10.7. The molecule has 3 heteroatoms. The number of carbonyl (C=O) groups is 1. The number of rotatable bonds is 3. The van der Waals surface area contributed by atoms with Crippen LogP contribution in [0.25, 0.3) is 0 Å². The first kappa shape index (κ1) is 12.7. The van der Waals surface area contributed by atoms with Crippen LogP contribution in [0.1, 0.15) is 16.7 Å². The van der Waals surface area contributed by atoms with E-state index in [9.17, 15) is 4.79 Å². The second-order valence-electron chi connectivity index (χ2n) is 4.13. The van der Waals surface area contributed by atoms with E-state index < -0.39 is 0 Å². The molecule has 0 radical (unpaired) electrons. The largest absolute Gasteiger partial charge is 0.314 e. The van der Waals surface area contributed by atoms with Crippen LogP contribution in [0.15, 0.2) is 12.1 Å². The quantitative estimate of drug-likeness (QED) is 0.842. The van der Waals surface area contributed by atoms with Gasteiger partial charge in [0.1, 0.15) is 0 Å². The summed E-state index contributed by atoms with van der Waals surface area (Å²) in [5.41, 5.74) is 4.67. The van der Waals surface area contributed by atoms with E-state index >= 15 is 0 Å². The number of nitrogens with zero attached hydrogens (tertiary/aromatic N) is 1. The fourth-order valence-electron chi connectivity index (χ4n) is 1.71. The van der Waals surface area contributed by atoms with Crippen LogP contribution < -0.4 is 10.2 Å². The molecule has 1 aromatic carbocycles. The number of hydrogen-bond acceptors (Lipinski definition) is 2. The van der Waals surface area contributed by atoms with Gasteiger partial charge in [-0.15, -0.1) is 0 Å². The predicted octanol–water partition coefficient (Wildman–Crippen LogP) is 1.79. The van der Waals surface area contributed by atoms with E-state index in [0.29, 0.717) is 6.54 Å². The van der Waals surface area contributed by atoms with Gasteiger partial charge in [0.2, 0.25) is 5.91 Å². The molecule has 3 nitrogen and oxygen atoms in total.